The quantitative estimate of drug-likeness (QED) is 0.161. The second-order valence-corrected chi connectivity index (χ2v) is 36.0. The molecule has 0 atom stereocenters. The van der Waals surface area contributed by atoms with Gasteiger partial charge in [0.05, 0.1) is 49.6 Å². The summed E-state index contributed by atoms with van der Waals surface area (Å²) < 4.78 is 173. The summed E-state index contributed by atoms with van der Waals surface area (Å²) in [4.78, 5) is 0. The van der Waals surface area contributed by atoms with Crippen molar-refractivity contribution in [2.45, 2.75) is 256 Å². The van der Waals surface area contributed by atoms with Crippen LogP contribution in [0.25, 0.3) is 0 Å². The van der Waals surface area contributed by atoms with E-state index in [1.165, 1.54) is 65.3 Å². The lowest BCUT2D eigenvalue weighted by atomic mass is 9.83. The van der Waals surface area contributed by atoms with E-state index in [-0.39, 0.29) is 71.0 Å². The van der Waals surface area contributed by atoms with Crippen molar-refractivity contribution in [2.75, 3.05) is 27.9 Å². The molecule has 0 N–H and O–H groups in total. The number of ether oxygens (including phenoxy) is 4. The summed E-state index contributed by atoms with van der Waals surface area (Å²) in [5, 5.41) is 1.13. The predicted molar refractivity (Wildman–Crippen MR) is 436 cm³/mol. The molecule has 0 bridgehead atoms. The minimum Gasteiger partial charge on any atom is -0.497 e. The predicted octanol–water partition coefficient (Wildman–Crippen LogP) is 30.7. The Balaban J connectivity index is 0.000000630. The van der Waals surface area contributed by atoms with Gasteiger partial charge in [-0.1, -0.05) is 267 Å². The molecule has 612 valence electrons. The van der Waals surface area contributed by atoms with Gasteiger partial charge in [0.2, 0.25) is 0 Å². The lowest BCUT2D eigenvalue weighted by Gasteiger charge is -2.24. The first-order valence-electron chi connectivity index (χ1n) is 36.0. The van der Waals surface area contributed by atoms with E-state index in [1.54, 1.807) is 86.1 Å². The molecular formula is C91H119Cl3F12O4. The topological polar surface area (TPSA) is 36.9 Å². The van der Waals surface area contributed by atoms with Gasteiger partial charge in [0.25, 0.3) is 0 Å². The summed E-state index contributed by atoms with van der Waals surface area (Å²) in [5.41, 5.74) is 7.35. The fraction of sp³-hybridized carbons (Fsp3) is 0.473. The molecular weight excluding hydrogens is 1490 g/mol. The van der Waals surface area contributed by atoms with Crippen molar-refractivity contribution in [1.82, 2.24) is 0 Å². The smallest absolute Gasteiger partial charge is 0.416 e. The van der Waals surface area contributed by atoms with E-state index in [9.17, 15) is 52.7 Å². The minimum absolute atomic E-state index is 0.0867. The van der Waals surface area contributed by atoms with Crippen LogP contribution in [0.3, 0.4) is 0 Å². The van der Waals surface area contributed by atoms with Crippen LogP contribution in [-0.2, 0) is 61.8 Å². The van der Waals surface area contributed by atoms with Gasteiger partial charge in [-0.15, -0.1) is 0 Å². The summed E-state index contributed by atoms with van der Waals surface area (Å²) in [7, 11) is 4.59. The summed E-state index contributed by atoms with van der Waals surface area (Å²) in [6, 6.07) is 38.8. The Morgan fingerprint density at radius 2 is 0.636 bits per heavy atom. The Labute approximate surface area is 665 Å². The first-order valence-corrected chi connectivity index (χ1v) is 37.2. The molecule has 0 aliphatic rings. The molecule has 0 saturated heterocycles. The van der Waals surface area contributed by atoms with Gasteiger partial charge in [0, 0.05) is 15.6 Å². The molecule has 0 aliphatic heterocycles. The molecule has 0 heterocycles. The number of hydrogen-bond donors (Lipinski definition) is 0. The lowest BCUT2D eigenvalue weighted by molar-refractivity contribution is -0.139. The van der Waals surface area contributed by atoms with Crippen LogP contribution in [0.15, 0.2) is 146 Å². The molecule has 110 heavy (non-hydrogen) atoms. The van der Waals surface area contributed by atoms with Gasteiger partial charge in [-0.3, -0.25) is 0 Å². The second kappa shape index (κ2) is 40.6. The van der Waals surface area contributed by atoms with Gasteiger partial charge >= 0.3 is 18.5 Å². The molecule has 19 heteroatoms. The fourth-order valence-electron chi connectivity index (χ4n) is 11.2. The molecule has 8 aromatic carbocycles. The molecule has 0 radical (unpaired) electrons. The van der Waals surface area contributed by atoms with Crippen LogP contribution in [0.4, 0.5) is 52.7 Å². The van der Waals surface area contributed by atoms with Crippen molar-refractivity contribution in [3.63, 3.8) is 0 Å². The molecule has 0 aromatic heterocycles. The molecule has 0 spiro atoms. The SMILES string of the molecule is CC(C)(C)c1ccc(C(F)(F)F)cc1Cl.CC(C)(C)c1ccc(F)cc1C(F)(F)F.CC(C)(C)c1cccc(Cl)c1F.CCOc1ccc(C(C)(C)C)c(C)c1.COc1ccc(C(C)(C)C)c(C(F)(F)F)c1.COc1ccc(C(C)(C)C)c(Cl)c1.COc1ccc(F)cc1C(C)(C)C.Cc1ccc(C(C)(C)C)c(C)c1. The largest absolute Gasteiger partial charge is 0.497 e. The highest BCUT2D eigenvalue weighted by atomic mass is 35.5. The van der Waals surface area contributed by atoms with Crippen molar-refractivity contribution >= 4 is 34.8 Å². The highest BCUT2D eigenvalue weighted by Crippen LogP contribution is 2.42. The maximum atomic E-state index is 13.4. The summed E-state index contributed by atoms with van der Waals surface area (Å²) in [5.74, 6) is 1.36. The van der Waals surface area contributed by atoms with Gasteiger partial charge in [-0.05, 0) is 206 Å². The third-order valence-electron chi connectivity index (χ3n) is 16.8. The zero-order chi connectivity index (χ0) is 85.9. The number of hydrogen-bond acceptors (Lipinski definition) is 4. The Hall–Kier alpha value is -7.01. The van der Waals surface area contributed by atoms with E-state index in [4.69, 9.17) is 53.8 Å². The van der Waals surface area contributed by atoms with Gasteiger partial charge in [-0.2, -0.15) is 39.5 Å². The number of aryl methyl sites for hydroxylation is 3. The van der Waals surface area contributed by atoms with Crippen molar-refractivity contribution < 1.29 is 71.6 Å². The molecule has 0 amide bonds. The van der Waals surface area contributed by atoms with E-state index < -0.39 is 51.9 Å². The van der Waals surface area contributed by atoms with Gasteiger partial charge in [-0.25, -0.2) is 13.2 Å². The van der Waals surface area contributed by atoms with Crippen molar-refractivity contribution in [3.05, 3.63) is 256 Å². The molecule has 0 unspecified atom stereocenters. The number of alkyl halides is 9. The van der Waals surface area contributed by atoms with E-state index in [1.807, 2.05) is 87.4 Å². The third kappa shape index (κ3) is 33.7. The van der Waals surface area contributed by atoms with Gasteiger partial charge in [0.15, 0.2) is 0 Å². The van der Waals surface area contributed by atoms with Crippen LogP contribution >= 0.6 is 34.8 Å². The first kappa shape index (κ1) is 101. The Morgan fingerprint density at radius 1 is 0.291 bits per heavy atom. The number of benzene rings is 8. The maximum Gasteiger partial charge on any atom is 0.416 e. The normalized spacial score (nSPS) is 12.1. The molecule has 0 aliphatic carbocycles. The molecule has 8 rings (SSSR count). The van der Waals surface area contributed by atoms with Crippen molar-refractivity contribution in [1.29, 1.82) is 0 Å². The van der Waals surface area contributed by atoms with E-state index >= 15 is 0 Å². The average Bonchev–Trinajstić information content (AvgIpc) is 0.797. The minimum atomic E-state index is -4.51. The van der Waals surface area contributed by atoms with Crippen molar-refractivity contribution in [2.24, 2.45) is 0 Å². The fourth-order valence-corrected chi connectivity index (χ4v) is 12.3. The van der Waals surface area contributed by atoms with E-state index in [2.05, 4.69) is 119 Å². The zero-order valence-electron chi connectivity index (χ0n) is 70.4. The standard InChI is InChI=1S/C13H20O.C12H15F3O.C12H18.C11H12ClF3.C11H15ClO.C11H12F4.C11H15FO.C10H12ClF/c1-6-14-11-7-8-12(10(2)9-11)13(3,4)5;1-11(2,3)9-6-5-8(16-4)7-10(9)12(13,14)15;1-9-6-7-11(10(2)8-9)12(3,4)5;1-10(2,3)8-5-4-7(6-9(8)12)11(13,14)15;1-11(2,3)9-6-5-8(13-4)7-10(9)12;1-10(2,3)8-5-4-7(12)6-9(8)11(13,14)15;1-11(2,3)9-7-8(12)5-6-10(9)13-4;1-10(2,3)7-5-4-6-8(11)9(7)12/h7-9H,6H2,1-5H3;5-7H,1-4H3;6-8H,1-5H3;4-6H,1-3H3;5-7H,1-4H3;4-6H,1-3H3;5-7H,1-4H3;4-6H,1-3H3. The van der Waals surface area contributed by atoms with E-state index in [0.29, 0.717) is 11.6 Å². The summed E-state index contributed by atoms with van der Waals surface area (Å²) >= 11 is 17.6. The monoisotopic (exact) mass is 1610 g/mol. The van der Waals surface area contributed by atoms with Crippen LogP contribution in [0.1, 0.15) is 251 Å². The highest BCUT2D eigenvalue weighted by Gasteiger charge is 2.38. The number of methoxy groups -OCH3 is 3. The maximum absolute atomic E-state index is 13.4. The number of rotatable bonds is 5. The Bertz CT molecular complexity index is 4190. The van der Waals surface area contributed by atoms with Gasteiger partial charge < -0.3 is 18.9 Å². The van der Waals surface area contributed by atoms with Crippen LogP contribution in [0.5, 0.6) is 23.0 Å². The average molecular weight is 1610 g/mol. The molecule has 0 fully saturated rings. The lowest BCUT2D eigenvalue weighted by Crippen LogP contribution is -2.19. The first-order chi connectivity index (χ1) is 49.6. The molecule has 8 aromatic rings. The van der Waals surface area contributed by atoms with Crippen LogP contribution in [0, 0.1) is 38.2 Å². The Kier molecular flexibility index (Phi) is 37.3. The van der Waals surface area contributed by atoms with Crippen molar-refractivity contribution in [3.8, 4) is 23.0 Å². The second-order valence-electron chi connectivity index (χ2n) is 34.8. The van der Waals surface area contributed by atoms with Gasteiger partial charge in [0.1, 0.15) is 40.4 Å². The number of halogens is 15. The zero-order valence-corrected chi connectivity index (χ0v) is 72.6. The molecule has 4 nitrogen and oxygen atoms in total. The third-order valence-corrected chi connectivity index (χ3v) is 17.7. The van der Waals surface area contributed by atoms with Crippen LogP contribution < -0.4 is 18.9 Å². The Morgan fingerprint density at radius 3 is 0.991 bits per heavy atom. The molecule has 0 saturated carbocycles. The highest BCUT2D eigenvalue weighted by molar-refractivity contribution is 6.32. The summed E-state index contributed by atoms with van der Waals surface area (Å²) in [6.07, 6.45) is -13.2. The van der Waals surface area contributed by atoms with Crippen LogP contribution in [-0.4, -0.2) is 27.9 Å². The van der Waals surface area contributed by atoms with E-state index in [0.717, 1.165) is 69.8 Å². The summed E-state index contributed by atoms with van der Waals surface area (Å²) in [6.45, 7) is 57.0. The van der Waals surface area contributed by atoms with Crippen LogP contribution in [0.2, 0.25) is 15.1 Å².